The molecule has 2 aromatic carbocycles. The first-order valence-corrected chi connectivity index (χ1v) is 11.3. The molecular weight excluding hydrogens is 428 g/mol. The SMILES string of the molecule is CCOc1cccc(CNC(=O)C2CCCN(Cc3nc(-c4ccccc4Cl)no3)C2)c1. The minimum Gasteiger partial charge on any atom is -0.494 e. The summed E-state index contributed by atoms with van der Waals surface area (Å²) in [6.07, 6.45) is 1.82. The Morgan fingerprint density at radius 1 is 1.28 bits per heavy atom. The zero-order valence-corrected chi connectivity index (χ0v) is 18.8. The zero-order valence-electron chi connectivity index (χ0n) is 18.1. The van der Waals surface area contributed by atoms with Crippen LogP contribution in [0.25, 0.3) is 11.4 Å². The lowest BCUT2D eigenvalue weighted by molar-refractivity contribution is -0.127. The number of rotatable bonds is 8. The maximum atomic E-state index is 12.8. The van der Waals surface area contributed by atoms with Gasteiger partial charge in [-0.15, -0.1) is 0 Å². The number of hydrogen-bond acceptors (Lipinski definition) is 6. The smallest absolute Gasteiger partial charge is 0.241 e. The highest BCUT2D eigenvalue weighted by Gasteiger charge is 2.27. The second-order valence-corrected chi connectivity index (χ2v) is 8.27. The van der Waals surface area contributed by atoms with Crippen LogP contribution in [-0.2, 0) is 17.9 Å². The molecule has 0 radical (unpaired) electrons. The average Bonchev–Trinajstić information content (AvgIpc) is 3.26. The molecule has 1 amide bonds. The maximum Gasteiger partial charge on any atom is 0.241 e. The number of nitrogens with zero attached hydrogens (tertiary/aromatic N) is 3. The van der Waals surface area contributed by atoms with E-state index in [9.17, 15) is 4.79 Å². The number of nitrogens with one attached hydrogen (secondary N) is 1. The molecule has 1 atom stereocenters. The van der Waals surface area contributed by atoms with E-state index in [4.69, 9.17) is 20.9 Å². The van der Waals surface area contributed by atoms with Crippen molar-refractivity contribution in [3.8, 4) is 17.1 Å². The number of carbonyl (C=O) groups is 1. The Bertz CT molecular complexity index is 1050. The summed E-state index contributed by atoms with van der Waals surface area (Å²) in [4.78, 5) is 19.4. The van der Waals surface area contributed by atoms with Gasteiger partial charge in [0.05, 0.1) is 24.1 Å². The van der Waals surface area contributed by atoms with Gasteiger partial charge in [-0.25, -0.2) is 0 Å². The number of aromatic nitrogens is 2. The van der Waals surface area contributed by atoms with Crippen LogP contribution >= 0.6 is 11.6 Å². The van der Waals surface area contributed by atoms with Crippen LogP contribution < -0.4 is 10.1 Å². The highest BCUT2D eigenvalue weighted by molar-refractivity contribution is 6.33. The number of benzene rings is 2. The van der Waals surface area contributed by atoms with Crippen molar-refractivity contribution in [2.24, 2.45) is 5.92 Å². The zero-order chi connectivity index (χ0) is 22.3. The van der Waals surface area contributed by atoms with Gasteiger partial charge < -0.3 is 14.6 Å². The Hall–Kier alpha value is -2.90. The molecule has 1 unspecified atom stereocenters. The molecule has 1 saturated heterocycles. The molecule has 1 aliphatic heterocycles. The van der Waals surface area contributed by atoms with Crippen LogP contribution in [0.2, 0.25) is 5.02 Å². The van der Waals surface area contributed by atoms with E-state index in [1.54, 1.807) is 6.07 Å². The fourth-order valence-corrected chi connectivity index (χ4v) is 4.14. The number of halogens is 1. The molecule has 1 fully saturated rings. The fraction of sp³-hybridized carbons (Fsp3) is 0.375. The molecule has 4 rings (SSSR count). The predicted molar refractivity (Wildman–Crippen MR) is 122 cm³/mol. The molecule has 32 heavy (non-hydrogen) atoms. The fourth-order valence-electron chi connectivity index (χ4n) is 3.92. The van der Waals surface area contributed by atoms with Gasteiger partial charge in [-0.1, -0.05) is 41.0 Å². The topological polar surface area (TPSA) is 80.5 Å². The second-order valence-electron chi connectivity index (χ2n) is 7.86. The number of hydrogen-bond donors (Lipinski definition) is 1. The number of carbonyl (C=O) groups excluding carboxylic acids is 1. The van der Waals surface area contributed by atoms with Crippen LogP contribution in [0.3, 0.4) is 0 Å². The first kappa shape index (κ1) is 22.3. The van der Waals surface area contributed by atoms with E-state index in [1.165, 1.54) is 0 Å². The normalized spacial score (nSPS) is 16.6. The van der Waals surface area contributed by atoms with Gasteiger partial charge in [0.15, 0.2) is 0 Å². The summed E-state index contributed by atoms with van der Waals surface area (Å²) in [5, 5.41) is 7.72. The van der Waals surface area contributed by atoms with Gasteiger partial charge in [0, 0.05) is 18.7 Å². The molecule has 1 N–H and O–H groups in total. The molecule has 7 nitrogen and oxygen atoms in total. The Labute approximate surface area is 192 Å². The molecule has 2 heterocycles. The minimum atomic E-state index is -0.0650. The lowest BCUT2D eigenvalue weighted by Crippen LogP contribution is -2.42. The number of likely N-dealkylation sites (tertiary alicyclic amines) is 1. The summed E-state index contributed by atoms with van der Waals surface area (Å²) in [6.45, 7) is 5.13. The highest BCUT2D eigenvalue weighted by Crippen LogP contribution is 2.26. The quantitative estimate of drug-likeness (QED) is 0.546. The summed E-state index contributed by atoms with van der Waals surface area (Å²) >= 11 is 6.23. The van der Waals surface area contributed by atoms with Crippen molar-refractivity contribution >= 4 is 17.5 Å². The standard InChI is InChI=1S/C24H27ClN4O3/c1-2-31-19-9-5-7-17(13-19)14-26-24(30)18-8-6-12-29(15-18)16-22-27-23(28-32-22)20-10-3-4-11-21(20)25/h3-5,7,9-11,13,18H,2,6,8,12,14-16H2,1H3,(H,26,30). The molecule has 8 heteroatoms. The van der Waals surface area contributed by atoms with E-state index < -0.39 is 0 Å². The molecule has 0 spiro atoms. The average molecular weight is 455 g/mol. The van der Waals surface area contributed by atoms with Gasteiger partial charge >= 0.3 is 0 Å². The van der Waals surface area contributed by atoms with Gasteiger partial charge in [0.2, 0.25) is 17.6 Å². The molecule has 0 saturated carbocycles. The largest absolute Gasteiger partial charge is 0.494 e. The van der Waals surface area contributed by atoms with Crippen molar-refractivity contribution in [1.82, 2.24) is 20.4 Å². The lowest BCUT2D eigenvalue weighted by Gasteiger charge is -2.30. The molecule has 0 bridgehead atoms. The first-order chi connectivity index (χ1) is 15.6. The molecule has 0 aliphatic carbocycles. The summed E-state index contributed by atoms with van der Waals surface area (Å²) < 4.78 is 11.0. The predicted octanol–water partition coefficient (Wildman–Crippen LogP) is 4.32. The van der Waals surface area contributed by atoms with Crippen molar-refractivity contribution in [3.05, 3.63) is 65.0 Å². The highest BCUT2D eigenvalue weighted by atomic mass is 35.5. The van der Waals surface area contributed by atoms with Crippen LogP contribution in [0, 0.1) is 5.92 Å². The number of piperidine rings is 1. The lowest BCUT2D eigenvalue weighted by atomic mass is 9.97. The Morgan fingerprint density at radius 2 is 2.16 bits per heavy atom. The van der Waals surface area contributed by atoms with Crippen LogP contribution in [0.1, 0.15) is 31.2 Å². The van der Waals surface area contributed by atoms with Crippen LogP contribution in [0.15, 0.2) is 53.1 Å². The third-order valence-corrected chi connectivity index (χ3v) is 5.82. The minimum absolute atomic E-state index is 0.0650. The van der Waals surface area contributed by atoms with Crippen LogP contribution in [0.4, 0.5) is 0 Å². The molecular formula is C24H27ClN4O3. The van der Waals surface area contributed by atoms with E-state index >= 15 is 0 Å². The molecule has 3 aromatic rings. The third-order valence-electron chi connectivity index (χ3n) is 5.49. The van der Waals surface area contributed by atoms with Gasteiger partial charge in [-0.05, 0) is 56.1 Å². The van der Waals surface area contributed by atoms with Crippen molar-refractivity contribution in [2.45, 2.75) is 32.9 Å². The van der Waals surface area contributed by atoms with E-state index in [0.29, 0.717) is 43.0 Å². The summed E-state index contributed by atoms with van der Waals surface area (Å²) in [7, 11) is 0. The third kappa shape index (κ3) is 5.66. The summed E-state index contributed by atoms with van der Waals surface area (Å²) in [5.41, 5.74) is 1.77. The number of amides is 1. The van der Waals surface area contributed by atoms with E-state index in [-0.39, 0.29) is 11.8 Å². The number of ether oxygens (including phenoxy) is 1. The van der Waals surface area contributed by atoms with Crippen molar-refractivity contribution < 1.29 is 14.1 Å². The second kappa shape index (κ2) is 10.6. The Morgan fingerprint density at radius 3 is 3.00 bits per heavy atom. The van der Waals surface area contributed by atoms with Gasteiger partial charge in [0.1, 0.15) is 5.75 Å². The van der Waals surface area contributed by atoms with Gasteiger partial charge in [-0.2, -0.15) is 4.98 Å². The van der Waals surface area contributed by atoms with E-state index in [0.717, 1.165) is 36.3 Å². The van der Waals surface area contributed by atoms with Crippen molar-refractivity contribution in [2.75, 3.05) is 19.7 Å². The van der Waals surface area contributed by atoms with Crippen molar-refractivity contribution in [1.29, 1.82) is 0 Å². The van der Waals surface area contributed by atoms with E-state index in [2.05, 4.69) is 20.4 Å². The summed E-state index contributed by atoms with van der Waals surface area (Å²) in [6, 6.07) is 15.2. The van der Waals surface area contributed by atoms with Crippen molar-refractivity contribution in [3.63, 3.8) is 0 Å². The first-order valence-electron chi connectivity index (χ1n) is 10.9. The maximum absolute atomic E-state index is 12.8. The molecule has 1 aromatic heterocycles. The Kier molecular flexibility index (Phi) is 7.39. The van der Waals surface area contributed by atoms with Gasteiger partial charge in [-0.3, -0.25) is 9.69 Å². The summed E-state index contributed by atoms with van der Waals surface area (Å²) in [5.74, 6) is 1.82. The molecule has 168 valence electrons. The Balaban J connectivity index is 1.31. The van der Waals surface area contributed by atoms with E-state index in [1.807, 2.05) is 49.4 Å². The van der Waals surface area contributed by atoms with Crippen LogP contribution in [-0.4, -0.2) is 40.6 Å². The molecule has 1 aliphatic rings. The monoisotopic (exact) mass is 454 g/mol. The van der Waals surface area contributed by atoms with Gasteiger partial charge in [0.25, 0.3) is 0 Å². The van der Waals surface area contributed by atoms with Crippen LogP contribution in [0.5, 0.6) is 5.75 Å².